The van der Waals surface area contributed by atoms with Crippen LogP contribution in [0.15, 0.2) is 35.0 Å². The molecule has 0 saturated carbocycles. The van der Waals surface area contributed by atoms with E-state index in [1.807, 2.05) is 55.4 Å². The molecule has 33 heavy (non-hydrogen) atoms. The molecule has 0 fully saturated rings. The van der Waals surface area contributed by atoms with Crippen molar-refractivity contribution in [2.45, 2.75) is 52.2 Å². The Morgan fingerprint density at radius 2 is 2.09 bits per heavy atom. The lowest BCUT2D eigenvalue weighted by Crippen LogP contribution is -2.43. The van der Waals surface area contributed by atoms with Crippen LogP contribution in [0, 0.1) is 0 Å². The molecule has 0 N–H and O–H groups in total. The standard InChI is InChI=1S/C26H29N3O3S/c1-26(2,3)28(4)25(30)23-20-14-32-22-13-21(31-5)18(16-8-6-7-9-16)12-19(22)24(20)29(27-23)17-10-11-33-15-17/h8,10-13,15H,6-7,9,14H2,1-5H3. The predicted octanol–water partition coefficient (Wildman–Crippen LogP) is 5.94. The lowest BCUT2D eigenvalue weighted by Gasteiger charge is -2.31. The van der Waals surface area contributed by atoms with E-state index in [1.165, 1.54) is 5.57 Å². The van der Waals surface area contributed by atoms with E-state index >= 15 is 0 Å². The minimum atomic E-state index is -0.320. The molecule has 2 aliphatic rings. The lowest BCUT2D eigenvalue weighted by atomic mass is 9.95. The van der Waals surface area contributed by atoms with E-state index in [2.05, 4.69) is 12.1 Å². The smallest absolute Gasteiger partial charge is 0.274 e. The molecular formula is C26H29N3O3S. The maximum Gasteiger partial charge on any atom is 0.274 e. The highest BCUT2D eigenvalue weighted by atomic mass is 32.1. The summed E-state index contributed by atoms with van der Waals surface area (Å²) in [6.45, 7) is 6.35. The average molecular weight is 464 g/mol. The lowest BCUT2D eigenvalue weighted by molar-refractivity contribution is 0.0646. The Bertz CT molecular complexity index is 1250. The number of rotatable bonds is 4. The monoisotopic (exact) mass is 463 g/mol. The van der Waals surface area contributed by atoms with Gasteiger partial charge >= 0.3 is 0 Å². The van der Waals surface area contributed by atoms with Crippen molar-refractivity contribution in [2.75, 3.05) is 14.2 Å². The third-order valence-corrected chi connectivity index (χ3v) is 7.23. The van der Waals surface area contributed by atoms with Crippen LogP contribution in [-0.4, -0.2) is 40.3 Å². The van der Waals surface area contributed by atoms with Crippen molar-refractivity contribution in [1.82, 2.24) is 14.7 Å². The van der Waals surface area contributed by atoms with E-state index in [9.17, 15) is 4.79 Å². The third-order valence-electron chi connectivity index (χ3n) is 6.56. The van der Waals surface area contributed by atoms with Crippen LogP contribution in [0.5, 0.6) is 11.5 Å². The van der Waals surface area contributed by atoms with Crippen molar-refractivity contribution in [3.63, 3.8) is 0 Å². The number of fused-ring (bicyclic) bond motifs is 3. The van der Waals surface area contributed by atoms with Crippen LogP contribution in [0.4, 0.5) is 0 Å². The van der Waals surface area contributed by atoms with Crippen molar-refractivity contribution < 1.29 is 14.3 Å². The molecule has 2 aromatic heterocycles. The molecule has 0 saturated heterocycles. The van der Waals surface area contributed by atoms with Gasteiger partial charge in [-0.25, -0.2) is 4.68 Å². The topological polar surface area (TPSA) is 56.6 Å². The number of carbonyl (C=O) groups is 1. The Morgan fingerprint density at radius 3 is 2.73 bits per heavy atom. The zero-order valence-corrected chi connectivity index (χ0v) is 20.6. The maximum absolute atomic E-state index is 13.5. The average Bonchev–Trinajstić information content (AvgIpc) is 3.56. The van der Waals surface area contributed by atoms with Crippen molar-refractivity contribution in [3.8, 4) is 28.4 Å². The van der Waals surface area contributed by atoms with Crippen LogP contribution in [0.2, 0.25) is 0 Å². The minimum Gasteiger partial charge on any atom is -0.496 e. The van der Waals surface area contributed by atoms with Gasteiger partial charge in [-0.1, -0.05) is 6.08 Å². The van der Waals surface area contributed by atoms with Gasteiger partial charge in [0.05, 0.1) is 18.5 Å². The summed E-state index contributed by atoms with van der Waals surface area (Å²) in [7, 11) is 3.52. The fourth-order valence-corrected chi connectivity index (χ4v) is 5.03. The molecule has 3 heterocycles. The van der Waals surface area contributed by atoms with Crippen LogP contribution in [0.1, 0.15) is 61.6 Å². The molecule has 1 aliphatic carbocycles. The molecule has 5 rings (SSSR count). The van der Waals surface area contributed by atoms with E-state index in [1.54, 1.807) is 23.3 Å². The molecule has 0 radical (unpaired) electrons. The Labute approximate surface area is 198 Å². The number of methoxy groups -OCH3 is 1. The quantitative estimate of drug-likeness (QED) is 0.480. The number of amides is 1. The van der Waals surface area contributed by atoms with Gasteiger partial charge < -0.3 is 14.4 Å². The molecule has 1 aromatic carbocycles. The van der Waals surface area contributed by atoms with E-state index in [0.29, 0.717) is 5.69 Å². The second-order valence-corrected chi connectivity index (χ2v) is 10.3. The number of thiophene rings is 1. The summed E-state index contributed by atoms with van der Waals surface area (Å²) in [4.78, 5) is 15.2. The van der Waals surface area contributed by atoms with Gasteiger partial charge in [0.15, 0.2) is 5.69 Å². The molecule has 6 nitrogen and oxygen atoms in total. The summed E-state index contributed by atoms with van der Waals surface area (Å²) in [5, 5.41) is 8.92. The van der Waals surface area contributed by atoms with E-state index in [4.69, 9.17) is 14.6 Å². The predicted molar refractivity (Wildman–Crippen MR) is 131 cm³/mol. The number of carbonyl (C=O) groups excluding carboxylic acids is 1. The number of hydrogen-bond donors (Lipinski definition) is 0. The Morgan fingerprint density at radius 1 is 1.27 bits per heavy atom. The van der Waals surface area contributed by atoms with Crippen LogP contribution in [-0.2, 0) is 6.61 Å². The fourth-order valence-electron chi connectivity index (χ4n) is 4.41. The van der Waals surface area contributed by atoms with Crippen LogP contribution < -0.4 is 9.47 Å². The van der Waals surface area contributed by atoms with Gasteiger partial charge in [0.2, 0.25) is 0 Å². The minimum absolute atomic E-state index is 0.105. The van der Waals surface area contributed by atoms with Crippen LogP contribution in [0.3, 0.4) is 0 Å². The van der Waals surface area contributed by atoms with E-state index in [0.717, 1.165) is 58.8 Å². The Hall–Kier alpha value is -3.06. The summed E-state index contributed by atoms with van der Waals surface area (Å²) >= 11 is 1.61. The molecule has 1 amide bonds. The largest absolute Gasteiger partial charge is 0.496 e. The SMILES string of the molecule is COc1cc2c(cc1C1=CCCC1)-c1c(c(C(=O)N(C)C(C)(C)C)nn1-c1ccsc1)CO2. The second kappa shape index (κ2) is 8.06. The number of allylic oxidation sites excluding steroid dienone is 2. The Balaban J connectivity index is 1.73. The van der Waals surface area contributed by atoms with Gasteiger partial charge in [0.25, 0.3) is 5.91 Å². The Kier molecular flexibility index (Phi) is 5.32. The zero-order valence-electron chi connectivity index (χ0n) is 19.8. The fraction of sp³-hybridized carbons (Fsp3) is 0.385. The normalized spacial score (nSPS) is 14.9. The molecule has 172 valence electrons. The number of ether oxygens (including phenoxy) is 2. The number of aromatic nitrogens is 2. The zero-order chi connectivity index (χ0) is 23.3. The second-order valence-electron chi connectivity index (χ2n) is 9.56. The number of nitrogens with zero attached hydrogens (tertiary/aromatic N) is 3. The maximum atomic E-state index is 13.5. The first kappa shape index (κ1) is 21.8. The van der Waals surface area contributed by atoms with Gasteiger partial charge in [0.1, 0.15) is 18.1 Å². The third kappa shape index (κ3) is 3.64. The molecular weight excluding hydrogens is 434 g/mol. The summed E-state index contributed by atoms with van der Waals surface area (Å²) in [5.74, 6) is 1.46. The summed E-state index contributed by atoms with van der Waals surface area (Å²) in [5.41, 5.74) is 6.13. The van der Waals surface area contributed by atoms with Crippen molar-refractivity contribution in [3.05, 3.63) is 51.9 Å². The molecule has 3 aromatic rings. The van der Waals surface area contributed by atoms with Crippen molar-refractivity contribution in [1.29, 1.82) is 0 Å². The van der Waals surface area contributed by atoms with Gasteiger partial charge in [-0.15, -0.1) is 0 Å². The van der Waals surface area contributed by atoms with Crippen molar-refractivity contribution >= 4 is 22.8 Å². The highest BCUT2D eigenvalue weighted by Crippen LogP contribution is 2.46. The molecule has 1 aliphatic heterocycles. The molecule has 0 unspecified atom stereocenters. The summed E-state index contributed by atoms with van der Waals surface area (Å²) in [6.07, 6.45) is 5.56. The first-order valence-corrected chi connectivity index (χ1v) is 12.2. The van der Waals surface area contributed by atoms with Gasteiger partial charge in [-0.05, 0) is 63.1 Å². The van der Waals surface area contributed by atoms with E-state index in [-0.39, 0.29) is 18.1 Å². The number of benzene rings is 1. The summed E-state index contributed by atoms with van der Waals surface area (Å²) < 4.78 is 13.8. The first-order chi connectivity index (χ1) is 15.8. The van der Waals surface area contributed by atoms with Gasteiger partial charge in [-0.2, -0.15) is 16.4 Å². The molecule has 0 atom stereocenters. The van der Waals surface area contributed by atoms with Crippen LogP contribution >= 0.6 is 11.3 Å². The van der Waals surface area contributed by atoms with Crippen molar-refractivity contribution in [2.24, 2.45) is 0 Å². The first-order valence-electron chi connectivity index (χ1n) is 11.3. The highest BCUT2D eigenvalue weighted by Gasteiger charge is 2.34. The van der Waals surface area contributed by atoms with E-state index < -0.39 is 0 Å². The summed E-state index contributed by atoms with van der Waals surface area (Å²) in [6, 6.07) is 6.15. The molecule has 0 spiro atoms. The van der Waals surface area contributed by atoms with Gasteiger partial charge in [0, 0.05) is 40.7 Å². The molecule has 7 heteroatoms. The van der Waals surface area contributed by atoms with Crippen LogP contribution in [0.25, 0.3) is 22.5 Å². The van der Waals surface area contributed by atoms with Gasteiger partial charge in [-0.3, -0.25) is 4.79 Å². The number of hydrogen-bond acceptors (Lipinski definition) is 5. The highest BCUT2D eigenvalue weighted by molar-refractivity contribution is 7.08. The molecule has 0 bridgehead atoms.